The summed E-state index contributed by atoms with van der Waals surface area (Å²) < 4.78 is 0. The van der Waals surface area contributed by atoms with Gasteiger partial charge < -0.3 is 0 Å². The zero-order chi connectivity index (χ0) is 15.2. The van der Waals surface area contributed by atoms with Gasteiger partial charge in [0.25, 0.3) is 0 Å². The highest BCUT2D eigenvalue weighted by molar-refractivity contribution is 4.84. The maximum absolute atomic E-state index is 2.55. The quantitative estimate of drug-likeness (QED) is 0.498. The van der Waals surface area contributed by atoms with E-state index < -0.39 is 0 Å². The van der Waals surface area contributed by atoms with Gasteiger partial charge in [0.05, 0.1) is 0 Å². The Morgan fingerprint density at radius 1 is 1.05 bits per heavy atom. The van der Waals surface area contributed by atoms with Crippen LogP contribution in [0.1, 0.15) is 106 Å². The third-order valence-corrected chi connectivity index (χ3v) is 5.66. The summed E-state index contributed by atoms with van der Waals surface area (Å²) in [6.45, 7) is 14.8. The maximum atomic E-state index is 2.55. The van der Waals surface area contributed by atoms with Crippen LogP contribution >= 0.6 is 0 Å². The van der Waals surface area contributed by atoms with Gasteiger partial charge in [-0.3, -0.25) is 0 Å². The van der Waals surface area contributed by atoms with Gasteiger partial charge >= 0.3 is 0 Å². The molecule has 1 atom stereocenters. The molecule has 1 rings (SSSR count). The highest BCUT2D eigenvalue weighted by Crippen LogP contribution is 2.45. The molecule has 1 saturated carbocycles. The highest BCUT2D eigenvalue weighted by atomic mass is 14.4. The van der Waals surface area contributed by atoms with E-state index in [1.54, 1.807) is 0 Å². The van der Waals surface area contributed by atoms with Gasteiger partial charge in [-0.1, -0.05) is 80.1 Å². The zero-order valence-electron chi connectivity index (χ0n) is 15.2. The van der Waals surface area contributed by atoms with Crippen LogP contribution in [0.25, 0.3) is 0 Å². The molecule has 0 radical (unpaired) electrons. The Morgan fingerprint density at radius 2 is 1.70 bits per heavy atom. The average molecular weight is 281 g/mol. The molecule has 0 aromatic rings. The van der Waals surface area contributed by atoms with Crippen molar-refractivity contribution < 1.29 is 0 Å². The lowest BCUT2D eigenvalue weighted by Crippen LogP contribution is -2.29. The predicted molar refractivity (Wildman–Crippen MR) is 92.1 cm³/mol. The molecule has 1 fully saturated rings. The van der Waals surface area contributed by atoms with Crippen LogP contribution in [-0.2, 0) is 0 Å². The topological polar surface area (TPSA) is 0 Å². The van der Waals surface area contributed by atoms with E-state index in [-0.39, 0.29) is 0 Å². The van der Waals surface area contributed by atoms with Crippen molar-refractivity contribution in [1.29, 1.82) is 0 Å². The molecule has 0 aromatic carbocycles. The van der Waals surface area contributed by atoms with Crippen molar-refractivity contribution >= 4 is 0 Å². The van der Waals surface area contributed by atoms with Gasteiger partial charge in [-0.05, 0) is 48.3 Å². The fourth-order valence-electron chi connectivity index (χ4n) is 4.06. The van der Waals surface area contributed by atoms with E-state index in [9.17, 15) is 0 Å². The summed E-state index contributed by atoms with van der Waals surface area (Å²) in [5.41, 5.74) is 1.10. The van der Waals surface area contributed by atoms with E-state index in [0.29, 0.717) is 10.8 Å². The normalized spacial score (nSPS) is 25.1. The first-order valence-electron chi connectivity index (χ1n) is 9.23. The summed E-state index contributed by atoms with van der Waals surface area (Å²) in [6, 6.07) is 0. The molecule has 0 spiro atoms. The predicted octanol–water partition coefficient (Wildman–Crippen LogP) is 7.23. The molecule has 0 amide bonds. The molecule has 0 nitrogen and oxygen atoms in total. The molecular formula is C20H40. The van der Waals surface area contributed by atoms with Crippen LogP contribution < -0.4 is 0 Å². The second-order valence-corrected chi connectivity index (χ2v) is 9.29. The van der Waals surface area contributed by atoms with Crippen LogP contribution in [0, 0.1) is 22.7 Å². The van der Waals surface area contributed by atoms with E-state index >= 15 is 0 Å². The van der Waals surface area contributed by atoms with Crippen molar-refractivity contribution in [3.8, 4) is 0 Å². The van der Waals surface area contributed by atoms with Crippen molar-refractivity contribution in [2.24, 2.45) is 22.7 Å². The summed E-state index contributed by atoms with van der Waals surface area (Å²) in [4.78, 5) is 0. The molecule has 0 aliphatic heterocycles. The molecule has 1 unspecified atom stereocenters. The summed E-state index contributed by atoms with van der Waals surface area (Å²) in [5, 5.41) is 0. The Morgan fingerprint density at radius 3 is 2.35 bits per heavy atom. The fourth-order valence-corrected chi connectivity index (χ4v) is 4.06. The lowest BCUT2D eigenvalue weighted by atomic mass is 9.66. The minimum Gasteiger partial charge on any atom is -0.0628 e. The SMILES string of the molecule is CC(C)CCCC(C)(C)C1CCCCCCC(C)(C)C1. The molecule has 0 bridgehead atoms. The lowest BCUT2D eigenvalue weighted by molar-refractivity contribution is 0.112. The Bertz CT molecular complexity index is 259. The van der Waals surface area contributed by atoms with Gasteiger partial charge in [0.1, 0.15) is 0 Å². The average Bonchev–Trinajstić information content (AvgIpc) is 2.38. The van der Waals surface area contributed by atoms with Crippen LogP contribution in [0.3, 0.4) is 0 Å². The minimum atomic E-state index is 0.538. The molecule has 120 valence electrons. The summed E-state index contributed by atoms with van der Waals surface area (Å²) in [5.74, 6) is 1.80. The second-order valence-electron chi connectivity index (χ2n) is 9.29. The zero-order valence-corrected chi connectivity index (χ0v) is 15.2. The fraction of sp³-hybridized carbons (Fsp3) is 1.00. The Hall–Kier alpha value is 0. The van der Waals surface area contributed by atoms with E-state index in [2.05, 4.69) is 41.5 Å². The van der Waals surface area contributed by atoms with Gasteiger partial charge in [-0.25, -0.2) is 0 Å². The van der Waals surface area contributed by atoms with Crippen molar-refractivity contribution in [1.82, 2.24) is 0 Å². The van der Waals surface area contributed by atoms with Crippen molar-refractivity contribution in [2.45, 2.75) is 106 Å². The lowest BCUT2D eigenvalue weighted by Gasteiger charge is -2.39. The first-order valence-corrected chi connectivity index (χ1v) is 9.23. The van der Waals surface area contributed by atoms with Crippen LogP contribution in [-0.4, -0.2) is 0 Å². The molecule has 1 aliphatic rings. The van der Waals surface area contributed by atoms with E-state index in [0.717, 1.165) is 11.8 Å². The first kappa shape index (κ1) is 18.1. The van der Waals surface area contributed by atoms with Crippen LogP contribution in [0.15, 0.2) is 0 Å². The van der Waals surface area contributed by atoms with Gasteiger partial charge in [0, 0.05) is 0 Å². The molecule has 0 aromatic heterocycles. The van der Waals surface area contributed by atoms with E-state index in [4.69, 9.17) is 0 Å². The largest absolute Gasteiger partial charge is 0.0628 e. The van der Waals surface area contributed by atoms with Gasteiger partial charge in [0.15, 0.2) is 0 Å². The van der Waals surface area contributed by atoms with Crippen molar-refractivity contribution in [3.05, 3.63) is 0 Å². The van der Waals surface area contributed by atoms with Gasteiger partial charge in [-0.2, -0.15) is 0 Å². The summed E-state index contributed by atoms with van der Waals surface area (Å²) in [7, 11) is 0. The summed E-state index contributed by atoms with van der Waals surface area (Å²) in [6.07, 6.45) is 14.4. The summed E-state index contributed by atoms with van der Waals surface area (Å²) >= 11 is 0. The van der Waals surface area contributed by atoms with Crippen LogP contribution in [0.2, 0.25) is 0 Å². The van der Waals surface area contributed by atoms with Crippen molar-refractivity contribution in [3.63, 3.8) is 0 Å². The smallest absolute Gasteiger partial charge is 0.0326 e. The molecule has 0 saturated heterocycles. The molecule has 1 aliphatic carbocycles. The second kappa shape index (κ2) is 7.85. The monoisotopic (exact) mass is 280 g/mol. The van der Waals surface area contributed by atoms with Crippen molar-refractivity contribution in [2.75, 3.05) is 0 Å². The first-order chi connectivity index (χ1) is 9.23. The maximum Gasteiger partial charge on any atom is -0.0326 e. The molecular weight excluding hydrogens is 240 g/mol. The highest BCUT2D eigenvalue weighted by Gasteiger charge is 2.33. The third kappa shape index (κ3) is 6.64. The minimum absolute atomic E-state index is 0.538. The molecule has 20 heavy (non-hydrogen) atoms. The number of hydrogen-bond donors (Lipinski definition) is 0. The van der Waals surface area contributed by atoms with E-state index in [1.165, 1.54) is 64.2 Å². The third-order valence-electron chi connectivity index (χ3n) is 5.66. The Labute approximate surface area is 129 Å². The standard InChI is InChI=1S/C20H40/c1-17(2)12-11-15-20(5,6)18-13-9-7-8-10-14-19(3,4)16-18/h17-18H,7-16H2,1-6H3. The Kier molecular flexibility index (Phi) is 7.09. The van der Waals surface area contributed by atoms with Crippen LogP contribution in [0.4, 0.5) is 0 Å². The van der Waals surface area contributed by atoms with Gasteiger partial charge in [-0.15, -0.1) is 0 Å². The number of rotatable bonds is 5. The molecule has 0 heterocycles. The number of hydrogen-bond acceptors (Lipinski definition) is 0. The van der Waals surface area contributed by atoms with E-state index in [1.807, 2.05) is 0 Å². The molecule has 0 heteroatoms. The van der Waals surface area contributed by atoms with Gasteiger partial charge in [0.2, 0.25) is 0 Å². The molecule has 0 N–H and O–H groups in total. The Balaban J connectivity index is 2.62. The van der Waals surface area contributed by atoms with Crippen LogP contribution in [0.5, 0.6) is 0 Å².